The van der Waals surface area contributed by atoms with Crippen LogP contribution >= 0.6 is 0 Å². The molecule has 1 N–H and O–H groups in total. The Labute approximate surface area is 148 Å². The summed E-state index contributed by atoms with van der Waals surface area (Å²) in [6.45, 7) is 1.99. The van der Waals surface area contributed by atoms with Gasteiger partial charge in [-0.2, -0.15) is 0 Å². The van der Waals surface area contributed by atoms with E-state index < -0.39 is 6.04 Å². The van der Waals surface area contributed by atoms with Crippen LogP contribution in [0.25, 0.3) is 0 Å². The summed E-state index contributed by atoms with van der Waals surface area (Å²) in [6.07, 6.45) is 0.296. The van der Waals surface area contributed by atoms with E-state index in [0.717, 1.165) is 16.7 Å². The summed E-state index contributed by atoms with van der Waals surface area (Å²) >= 11 is 0. The van der Waals surface area contributed by atoms with Crippen LogP contribution in [0.1, 0.15) is 29.2 Å². The van der Waals surface area contributed by atoms with Crippen molar-refractivity contribution < 1.29 is 19.1 Å². The molecule has 5 nitrogen and oxygen atoms in total. The molecule has 2 rings (SSSR count). The minimum absolute atomic E-state index is 0.0867. The largest absolute Gasteiger partial charge is 0.497 e. The lowest BCUT2D eigenvalue weighted by molar-refractivity contribution is -0.141. The van der Waals surface area contributed by atoms with Crippen LogP contribution in [0.15, 0.2) is 48.5 Å². The summed E-state index contributed by atoms with van der Waals surface area (Å²) in [7, 11) is 2.93. The van der Waals surface area contributed by atoms with Crippen LogP contribution in [0.5, 0.6) is 5.75 Å². The minimum atomic E-state index is -0.425. The third-order valence-electron chi connectivity index (χ3n) is 3.91. The van der Waals surface area contributed by atoms with Crippen molar-refractivity contribution in [2.45, 2.75) is 25.8 Å². The van der Waals surface area contributed by atoms with E-state index in [1.54, 1.807) is 7.11 Å². The number of aryl methyl sites for hydroxylation is 1. The molecule has 2 aromatic carbocycles. The first-order valence-electron chi connectivity index (χ1n) is 8.07. The number of ether oxygens (including phenoxy) is 2. The number of methoxy groups -OCH3 is 2. The van der Waals surface area contributed by atoms with Gasteiger partial charge in [-0.1, -0.05) is 42.0 Å². The molecule has 0 fully saturated rings. The molecule has 0 saturated heterocycles. The highest BCUT2D eigenvalue weighted by atomic mass is 16.5. The van der Waals surface area contributed by atoms with Crippen molar-refractivity contribution in [3.8, 4) is 5.75 Å². The lowest BCUT2D eigenvalue weighted by Gasteiger charge is -2.18. The first kappa shape index (κ1) is 18.5. The van der Waals surface area contributed by atoms with Crippen LogP contribution in [-0.2, 0) is 20.7 Å². The SMILES string of the molecule is COC(=O)C[C@H](NC(=O)Cc1cccc(OC)c1)c1ccc(C)cc1. The highest BCUT2D eigenvalue weighted by Crippen LogP contribution is 2.19. The maximum absolute atomic E-state index is 12.4. The number of carbonyl (C=O) groups excluding carboxylic acids is 2. The van der Waals surface area contributed by atoms with E-state index in [0.29, 0.717) is 5.75 Å². The average molecular weight is 341 g/mol. The molecule has 0 aromatic heterocycles. The van der Waals surface area contributed by atoms with E-state index in [2.05, 4.69) is 5.32 Å². The van der Waals surface area contributed by atoms with Gasteiger partial charge in [0, 0.05) is 0 Å². The molecule has 0 unspecified atom stereocenters. The molecule has 0 aliphatic heterocycles. The maximum Gasteiger partial charge on any atom is 0.307 e. The Hall–Kier alpha value is -2.82. The van der Waals surface area contributed by atoms with Gasteiger partial charge in [-0.3, -0.25) is 9.59 Å². The van der Waals surface area contributed by atoms with Gasteiger partial charge >= 0.3 is 5.97 Å². The second kappa shape index (κ2) is 8.87. The molecule has 0 aliphatic carbocycles. The second-order valence-electron chi connectivity index (χ2n) is 5.84. The monoisotopic (exact) mass is 341 g/mol. The number of amides is 1. The summed E-state index contributed by atoms with van der Waals surface area (Å²) in [5.74, 6) is 0.171. The van der Waals surface area contributed by atoms with Gasteiger partial charge in [-0.25, -0.2) is 0 Å². The Morgan fingerprint density at radius 2 is 1.80 bits per heavy atom. The number of esters is 1. The molecule has 0 aliphatic rings. The van der Waals surface area contributed by atoms with E-state index in [4.69, 9.17) is 9.47 Å². The molecule has 1 atom stereocenters. The molecule has 5 heteroatoms. The number of hydrogen-bond donors (Lipinski definition) is 1. The van der Waals surface area contributed by atoms with E-state index >= 15 is 0 Å². The first-order valence-corrected chi connectivity index (χ1v) is 8.07. The molecule has 0 heterocycles. The van der Waals surface area contributed by atoms with Gasteiger partial charge in [0.25, 0.3) is 0 Å². The van der Waals surface area contributed by atoms with Gasteiger partial charge in [-0.05, 0) is 30.2 Å². The Kier molecular flexibility index (Phi) is 6.57. The Bertz CT molecular complexity index is 725. The molecule has 2 aromatic rings. The molecule has 0 saturated carbocycles. The van der Waals surface area contributed by atoms with Crippen LogP contribution in [0.4, 0.5) is 0 Å². The number of carbonyl (C=O) groups is 2. The maximum atomic E-state index is 12.4. The summed E-state index contributed by atoms with van der Waals surface area (Å²) < 4.78 is 9.92. The molecule has 0 bridgehead atoms. The number of benzene rings is 2. The van der Waals surface area contributed by atoms with Crippen LogP contribution in [0.3, 0.4) is 0 Å². The second-order valence-corrected chi connectivity index (χ2v) is 5.84. The molecular weight excluding hydrogens is 318 g/mol. The summed E-state index contributed by atoms with van der Waals surface area (Å²) in [5, 5.41) is 2.92. The first-order chi connectivity index (χ1) is 12.0. The summed E-state index contributed by atoms with van der Waals surface area (Å²) in [4.78, 5) is 24.1. The fourth-order valence-corrected chi connectivity index (χ4v) is 2.51. The minimum Gasteiger partial charge on any atom is -0.497 e. The smallest absolute Gasteiger partial charge is 0.307 e. The Morgan fingerprint density at radius 1 is 1.08 bits per heavy atom. The lowest BCUT2D eigenvalue weighted by Crippen LogP contribution is -2.31. The van der Waals surface area contributed by atoms with Crippen molar-refractivity contribution in [2.24, 2.45) is 0 Å². The molecular formula is C20H23NO4. The molecule has 132 valence electrons. The average Bonchev–Trinajstić information content (AvgIpc) is 2.61. The van der Waals surface area contributed by atoms with Gasteiger partial charge < -0.3 is 14.8 Å². The zero-order valence-electron chi connectivity index (χ0n) is 14.7. The lowest BCUT2D eigenvalue weighted by atomic mass is 10.0. The number of rotatable bonds is 7. The van der Waals surface area contributed by atoms with Crippen molar-refractivity contribution in [3.05, 3.63) is 65.2 Å². The third-order valence-corrected chi connectivity index (χ3v) is 3.91. The normalized spacial score (nSPS) is 11.5. The van der Waals surface area contributed by atoms with Gasteiger partial charge in [0.05, 0.1) is 33.1 Å². The summed E-state index contributed by atoms with van der Waals surface area (Å²) in [5.41, 5.74) is 2.83. The highest BCUT2D eigenvalue weighted by molar-refractivity contribution is 5.80. The molecule has 25 heavy (non-hydrogen) atoms. The fraction of sp³-hybridized carbons (Fsp3) is 0.300. The van der Waals surface area contributed by atoms with Crippen LogP contribution in [0, 0.1) is 6.92 Å². The van der Waals surface area contributed by atoms with Crippen LogP contribution in [0.2, 0.25) is 0 Å². The topological polar surface area (TPSA) is 64.6 Å². The van der Waals surface area contributed by atoms with Gasteiger partial charge in [-0.15, -0.1) is 0 Å². The predicted octanol–water partition coefficient (Wildman–Crippen LogP) is 2.97. The van der Waals surface area contributed by atoms with Gasteiger partial charge in [0.1, 0.15) is 5.75 Å². The highest BCUT2D eigenvalue weighted by Gasteiger charge is 2.19. The molecule has 1 amide bonds. The van der Waals surface area contributed by atoms with E-state index in [1.165, 1.54) is 7.11 Å². The van der Waals surface area contributed by atoms with E-state index in [9.17, 15) is 9.59 Å². The van der Waals surface area contributed by atoms with E-state index in [-0.39, 0.29) is 24.7 Å². The van der Waals surface area contributed by atoms with Gasteiger partial charge in [0.2, 0.25) is 5.91 Å². The predicted molar refractivity (Wildman–Crippen MR) is 95.4 cm³/mol. The Morgan fingerprint density at radius 3 is 2.44 bits per heavy atom. The van der Waals surface area contributed by atoms with Crippen LogP contribution < -0.4 is 10.1 Å². The van der Waals surface area contributed by atoms with Crippen molar-refractivity contribution in [1.82, 2.24) is 5.32 Å². The standard InChI is InChI=1S/C20H23NO4/c1-14-7-9-16(10-8-14)18(13-20(23)25-3)21-19(22)12-15-5-4-6-17(11-15)24-2/h4-11,18H,12-13H2,1-3H3,(H,21,22)/t18-/m0/s1. The van der Waals surface area contributed by atoms with Gasteiger partial charge in [0.15, 0.2) is 0 Å². The fourth-order valence-electron chi connectivity index (χ4n) is 2.51. The van der Waals surface area contributed by atoms with Crippen molar-refractivity contribution in [3.63, 3.8) is 0 Å². The van der Waals surface area contributed by atoms with Crippen LogP contribution in [-0.4, -0.2) is 26.1 Å². The molecule has 0 radical (unpaired) electrons. The summed E-state index contributed by atoms with van der Waals surface area (Å²) in [6, 6.07) is 14.7. The number of hydrogen-bond acceptors (Lipinski definition) is 4. The van der Waals surface area contributed by atoms with Crippen molar-refractivity contribution in [2.75, 3.05) is 14.2 Å². The van der Waals surface area contributed by atoms with E-state index in [1.807, 2.05) is 55.5 Å². The van der Waals surface area contributed by atoms with Crippen molar-refractivity contribution >= 4 is 11.9 Å². The Balaban J connectivity index is 2.10. The zero-order chi connectivity index (χ0) is 18.2. The zero-order valence-corrected chi connectivity index (χ0v) is 14.7. The molecule has 0 spiro atoms. The van der Waals surface area contributed by atoms with Crippen molar-refractivity contribution in [1.29, 1.82) is 0 Å². The number of nitrogens with one attached hydrogen (secondary N) is 1. The quantitative estimate of drug-likeness (QED) is 0.787. The third kappa shape index (κ3) is 5.64.